The number of carbonyl (C=O) groups excluding carboxylic acids is 1. The first-order valence-electron chi connectivity index (χ1n) is 8.89. The fraction of sp³-hybridized carbons (Fsp3) is 0.632. The van der Waals surface area contributed by atoms with Crippen molar-refractivity contribution >= 4 is 5.91 Å². The summed E-state index contributed by atoms with van der Waals surface area (Å²) in [5.41, 5.74) is 7.44. The van der Waals surface area contributed by atoms with Crippen molar-refractivity contribution < 1.29 is 9.53 Å². The molecule has 1 atom stereocenters. The molecule has 1 amide bonds. The van der Waals surface area contributed by atoms with Crippen molar-refractivity contribution in [3.63, 3.8) is 0 Å². The van der Waals surface area contributed by atoms with Crippen LogP contribution in [0, 0.1) is 0 Å². The summed E-state index contributed by atoms with van der Waals surface area (Å²) in [6.45, 7) is 2.28. The van der Waals surface area contributed by atoms with E-state index in [4.69, 9.17) is 10.5 Å². The molecule has 5 heteroatoms. The van der Waals surface area contributed by atoms with Crippen LogP contribution in [0.1, 0.15) is 41.6 Å². The quantitative estimate of drug-likeness (QED) is 0.866. The third kappa shape index (κ3) is 4.71. The first-order valence-corrected chi connectivity index (χ1v) is 8.89. The lowest BCUT2D eigenvalue weighted by Crippen LogP contribution is -2.41. The number of hydrogen-bond acceptors (Lipinski definition) is 4. The molecule has 2 N–H and O–H groups in total. The second-order valence-electron chi connectivity index (χ2n) is 6.78. The predicted octanol–water partition coefficient (Wildman–Crippen LogP) is 2.14. The van der Waals surface area contributed by atoms with Gasteiger partial charge in [-0.2, -0.15) is 0 Å². The highest BCUT2D eigenvalue weighted by molar-refractivity contribution is 5.94. The molecule has 0 saturated carbocycles. The van der Waals surface area contributed by atoms with Crippen LogP contribution in [0.3, 0.4) is 0 Å². The average Bonchev–Trinajstić information content (AvgIpc) is 2.85. The van der Waals surface area contributed by atoms with E-state index in [1.54, 1.807) is 7.11 Å². The van der Waals surface area contributed by atoms with E-state index in [0.717, 1.165) is 55.6 Å². The van der Waals surface area contributed by atoms with E-state index >= 15 is 0 Å². The molecule has 1 saturated heterocycles. The zero-order valence-corrected chi connectivity index (χ0v) is 15.3. The fourth-order valence-corrected chi connectivity index (χ4v) is 3.31. The summed E-state index contributed by atoms with van der Waals surface area (Å²) < 4.78 is 5.42. The maximum Gasteiger partial charge on any atom is 0.253 e. The Balaban J connectivity index is 2.18. The molecular weight excluding hydrogens is 302 g/mol. The molecule has 0 radical (unpaired) electrons. The Morgan fingerprint density at radius 1 is 1.38 bits per heavy atom. The molecule has 2 rings (SSSR count). The lowest BCUT2D eigenvalue weighted by Gasteiger charge is -2.28. The van der Waals surface area contributed by atoms with Crippen LogP contribution in [0.4, 0.5) is 0 Å². The SMILES string of the molecule is COc1ccc(C(=O)N2CCCCC(N(C)C)C2)cc1CCCN. The number of likely N-dealkylation sites (tertiary alicyclic amines) is 1. The van der Waals surface area contributed by atoms with E-state index < -0.39 is 0 Å². The van der Waals surface area contributed by atoms with E-state index in [9.17, 15) is 4.79 Å². The van der Waals surface area contributed by atoms with Gasteiger partial charge in [0.05, 0.1) is 7.11 Å². The number of aryl methyl sites for hydroxylation is 1. The number of amides is 1. The minimum atomic E-state index is 0.125. The van der Waals surface area contributed by atoms with Gasteiger partial charge in [0.2, 0.25) is 0 Å². The maximum atomic E-state index is 13.0. The smallest absolute Gasteiger partial charge is 0.253 e. The molecule has 0 aliphatic carbocycles. The molecule has 0 aromatic heterocycles. The van der Waals surface area contributed by atoms with Gasteiger partial charge in [-0.15, -0.1) is 0 Å². The topological polar surface area (TPSA) is 58.8 Å². The third-order valence-corrected chi connectivity index (χ3v) is 4.84. The molecule has 134 valence electrons. The molecule has 0 spiro atoms. The van der Waals surface area contributed by atoms with Gasteiger partial charge < -0.3 is 20.3 Å². The standard InChI is InChI=1S/C19H31N3O2/c1-21(2)17-8-4-5-12-22(14-17)19(23)16-9-10-18(24-3)15(13-16)7-6-11-20/h9-10,13,17H,4-8,11-12,14,20H2,1-3H3. The average molecular weight is 333 g/mol. The van der Waals surface area contributed by atoms with Crippen molar-refractivity contribution in [2.75, 3.05) is 40.8 Å². The van der Waals surface area contributed by atoms with E-state index in [1.165, 1.54) is 6.42 Å². The number of carbonyl (C=O) groups is 1. The van der Waals surface area contributed by atoms with E-state index in [-0.39, 0.29) is 5.91 Å². The number of hydrogen-bond donors (Lipinski definition) is 1. The molecule has 1 heterocycles. The van der Waals surface area contributed by atoms with E-state index in [2.05, 4.69) is 19.0 Å². The van der Waals surface area contributed by atoms with Crippen LogP contribution < -0.4 is 10.5 Å². The normalized spacial score (nSPS) is 18.5. The van der Waals surface area contributed by atoms with E-state index in [1.807, 2.05) is 23.1 Å². The molecule has 1 fully saturated rings. The second kappa shape index (κ2) is 9.04. The summed E-state index contributed by atoms with van der Waals surface area (Å²) in [7, 11) is 5.85. The second-order valence-corrected chi connectivity index (χ2v) is 6.78. The van der Waals surface area contributed by atoms with Crippen molar-refractivity contribution in [3.8, 4) is 5.75 Å². The largest absolute Gasteiger partial charge is 0.496 e. The monoisotopic (exact) mass is 333 g/mol. The summed E-state index contributed by atoms with van der Waals surface area (Å²) in [5.74, 6) is 0.961. The molecule has 1 aliphatic rings. The fourth-order valence-electron chi connectivity index (χ4n) is 3.31. The third-order valence-electron chi connectivity index (χ3n) is 4.84. The van der Waals surface area contributed by atoms with Crippen molar-refractivity contribution in [2.24, 2.45) is 5.73 Å². The zero-order chi connectivity index (χ0) is 17.5. The van der Waals surface area contributed by atoms with Crippen LogP contribution in [-0.2, 0) is 6.42 Å². The van der Waals surface area contributed by atoms with Gasteiger partial charge in [-0.3, -0.25) is 4.79 Å². The molecule has 1 unspecified atom stereocenters. The summed E-state index contributed by atoms with van der Waals surface area (Å²) in [6, 6.07) is 6.20. The van der Waals surface area contributed by atoms with Crippen molar-refractivity contribution in [1.29, 1.82) is 0 Å². The Kier molecular flexibility index (Phi) is 7.06. The van der Waals surface area contributed by atoms with Gasteiger partial charge in [0.25, 0.3) is 5.91 Å². The molecule has 1 aromatic rings. The minimum absolute atomic E-state index is 0.125. The highest BCUT2D eigenvalue weighted by Crippen LogP contribution is 2.23. The molecule has 5 nitrogen and oxygen atoms in total. The summed E-state index contributed by atoms with van der Waals surface area (Å²) in [5, 5.41) is 0. The zero-order valence-electron chi connectivity index (χ0n) is 15.3. The Labute approximate surface area is 145 Å². The number of nitrogens with two attached hydrogens (primary N) is 1. The Hall–Kier alpha value is -1.59. The van der Waals surface area contributed by atoms with Crippen LogP contribution in [0.15, 0.2) is 18.2 Å². The Morgan fingerprint density at radius 3 is 2.83 bits per heavy atom. The lowest BCUT2D eigenvalue weighted by molar-refractivity contribution is 0.0725. The predicted molar refractivity (Wildman–Crippen MR) is 97.6 cm³/mol. The van der Waals surface area contributed by atoms with Crippen LogP contribution >= 0.6 is 0 Å². The highest BCUT2D eigenvalue weighted by atomic mass is 16.5. The first-order chi connectivity index (χ1) is 11.6. The van der Waals surface area contributed by atoms with Crippen molar-refractivity contribution in [2.45, 2.75) is 38.1 Å². The Bertz CT molecular complexity index is 545. The van der Waals surface area contributed by atoms with Crippen LogP contribution in [-0.4, -0.2) is 62.6 Å². The molecule has 24 heavy (non-hydrogen) atoms. The van der Waals surface area contributed by atoms with E-state index in [0.29, 0.717) is 12.6 Å². The molecule has 0 bridgehead atoms. The molecular formula is C19H31N3O2. The van der Waals surface area contributed by atoms with Gasteiger partial charge in [0.1, 0.15) is 5.75 Å². The van der Waals surface area contributed by atoms with Crippen LogP contribution in [0.2, 0.25) is 0 Å². The Morgan fingerprint density at radius 2 is 2.17 bits per heavy atom. The molecule has 1 aromatic carbocycles. The number of ether oxygens (including phenoxy) is 1. The minimum Gasteiger partial charge on any atom is -0.496 e. The molecule has 1 aliphatic heterocycles. The van der Waals surface area contributed by atoms with Gasteiger partial charge >= 0.3 is 0 Å². The first kappa shape index (κ1) is 18.7. The van der Waals surface area contributed by atoms with Gasteiger partial charge in [0.15, 0.2) is 0 Å². The number of nitrogens with zero attached hydrogens (tertiary/aromatic N) is 2. The van der Waals surface area contributed by atoms with Gasteiger partial charge in [-0.05, 0) is 70.1 Å². The van der Waals surface area contributed by atoms with Crippen molar-refractivity contribution in [1.82, 2.24) is 9.80 Å². The van der Waals surface area contributed by atoms with Crippen LogP contribution in [0.25, 0.3) is 0 Å². The van der Waals surface area contributed by atoms with Crippen LogP contribution in [0.5, 0.6) is 5.75 Å². The lowest BCUT2D eigenvalue weighted by atomic mass is 10.0. The maximum absolute atomic E-state index is 13.0. The van der Waals surface area contributed by atoms with Gasteiger partial charge in [-0.1, -0.05) is 6.42 Å². The highest BCUT2D eigenvalue weighted by Gasteiger charge is 2.24. The van der Waals surface area contributed by atoms with Gasteiger partial charge in [-0.25, -0.2) is 0 Å². The summed E-state index contributed by atoms with van der Waals surface area (Å²) in [6.07, 6.45) is 5.13. The number of likely N-dealkylation sites (N-methyl/N-ethyl adjacent to an activating group) is 1. The summed E-state index contributed by atoms with van der Waals surface area (Å²) >= 11 is 0. The number of methoxy groups -OCH3 is 1. The number of benzene rings is 1. The number of rotatable bonds is 6. The van der Waals surface area contributed by atoms with Crippen molar-refractivity contribution in [3.05, 3.63) is 29.3 Å². The summed E-state index contributed by atoms with van der Waals surface area (Å²) in [4.78, 5) is 17.2. The van der Waals surface area contributed by atoms with Gasteiger partial charge in [0, 0.05) is 24.7 Å².